The first kappa shape index (κ1) is 31.4. The second kappa shape index (κ2) is 13.8. The van der Waals surface area contributed by atoms with Crippen LogP contribution in [0.15, 0.2) is 42.5 Å². The van der Waals surface area contributed by atoms with Crippen LogP contribution in [-0.4, -0.2) is 83.8 Å². The van der Waals surface area contributed by atoms with Gasteiger partial charge in [0.2, 0.25) is 5.91 Å². The van der Waals surface area contributed by atoms with Gasteiger partial charge >= 0.3 is 18.1 Å². The molecule has 14 heteroatoms. The van der Waals surface area contributed by atoms with E-state index in [-0.39, 0.29) is 23.4 Å². The fourth-order valence-corrected chi connectivity index (χ4v) is 3.68. The predicted molar refractivity (Wildman–Crippen MR) is 138 cm³/mol. The molecule has 4 N–H and O–H groups in total. The van der Waals surface area contributed by atoms with Gasteiger partial charge in [-0.1, -0.05) is 11.6 Å². The number of halogens is 4. The first-order chi connectivity index (χ1) is 18.2. The molecular weight excluding hydrogens is 545 g/mol. The lowest BCUT2D eigenvalue weighted by atomic mass is 10.1. The zero-order valence-corrected chi connectivity index (χ0v) is 21.8. The Morgan fingerprint density at radius 2 is 1.49 bits per heavy atom. The number of carbonyl (C=O) groups is 4. The quantitative estimate of drug-likeness (QED) is 0.395. The average molecular weight is 573 g/mol. The number of piperazine rings is 1. The molecule has 1 fully saturated rings. The molecule has 0 bridgehead atoms. The van der Waals surface area contributed by atoms with E-state index < -0.39 is 18.1 Å². The summed E-state index contributed by atoms with van der Waals surface area (Å²) < 4.78 is 31.7. The SMILES string of the molecule is CC(C)NC(=O)CN1CCN(c2ccc(C(=O)O)cc2NC(=O)c2ccc(Cl)cc2)CC1.O=C(O)C(F)(F)F. The second-order valence-corrected chi connectivity index (χ2v) is 9.22. The molecule has 1 aliphatic rings. The standard InChI is InChI=1S/C23H27ClN4O4.C2HF3O2/c1-15(2)25-21(29)14-27-9-11-28(12-10-27)20-8-5-17(23(31)32)13-19(20)26-22(30)16-3-6-18(24)7-4-16;3-2(4,5)1(6)7/h3-8,13,15H,9-12,14H2,1-2H3,(H,25,29)(H,26,30)(H,31,32);(H,6,7). The van der Waals surface area contributed by atoms with Gasteiger partial charge in [0.1, 0.15) is 0 Å². The molecule has 3 rings (SSSR count). The van der Waals surface area contributed by atoms with Crippen LogP contribution in [-0.2, 0) is 9.59 Å². The molecule has 2 aromatic rings. The highest BCUT2D eigenvalue weighted by Crippen LogP contribution is 2.29. The molecule has 0 radical (unpaired) electrons. The number of carboxylic acid groups (broad SMARTS) is 2. The number of amides is 2. The molecule has 0 spiro atoms. The molecule has 0 saturated carbocycles. The molecule has 2 amide bonds. The minimum absolute atomic E-state index is 0.00446. The summed E-state index contributed by atoms with van der Waals surface area (Å²) in [6, 6.07) is 11.3. The Morgan fingerprint density at radius 3 is 1.97 bits per heavy atom. The van der Waals surface area contributed by atoms with Crippen LogP contribution in [0.2, 0.25) is 5.02 Å². The van der Waals surface area contributed by atoms with Crippen LogP contribution in [0.1, 0.15) is 34.6 Å². The first-order valence-electron chi connectivity index (χ1n) is 11.7. The highest BCUT2D eigenvalue weighted by molar-refractivity contribution is 6.30. The minimum Gasteiger partial charge on any atom is -0.478 e. The van der Waals surface area contributed by atoms with Crippen molar-refractivity contribution in [2.75, 3.05) is 42.9 Å². The second-order valence-electron chi connectivity index (χ2n) is 8.79. The van der Waals surface area contributed by atoms with Crippen LogP contribution in [0.25, 0.3) is 0 Å². The van der Waals surface area contributed by atoms with Gasteiger partial charge in [-0.25, -0.2) is 9.59 Å². The van der Waals surface area contributed by atoms with Gasteiger partial charge in [-0.05, 0) is 56.3 Å². The van der Waals surface area contributed by atoms with Crippen molar-refractivity contribution in [3.8, 4) is 0 Å². The van der Waals surface area contributed by atoms with Crippen LogP contribution < -0.4 is 15.5 Å². The summed E-state index contributed by atoms with van der Waals surface area (Å²) in [5.41, 5.74) is 1.67. The average Bonchev–Trinajstić information content (AvgIpc) is 2.84. The van der Waals surface area contributed by atoms with E-state index in [2.05, 4.69) is 20.4 Å². The van der Waals surface area contributed by atoms with Gasteiger partial charge in [-0.15, -0.1) is 0 Å². The van der Waals surface area contributed by atoms with Gasteiger partial charge in [0.05, 0.1) is 23.5 Å². The highest BCUT2D eigenvalue weighted by Gasteiger charge is 2.38. The highest BCUT2D eigenvalue weighted by atomic mass is 35.5. The fraction of sp³-hybridized carbons (Fsp3) is 0.360. The van der Waals surface area contributed by atoms with E-state index in [1.54, 1.807) is 30.3 Å². The summed E-state index contributed by atoms with van der Waals surface area (Å²) in [5, 5.41) is 22.8. The number of carbonyl (C=O) groups excluding carboxylic acids is 2. The van der Waals surface area contributed by atoms with Crippen molar-refractivity contribution >= 4 is 46.7 Å². The van der Waals surface area contributed by atoms with Crippen molar-refractivity contribution in [2.24, 2.45) is 0 Å². The monoisotopic (exact) mass is 572 g/mol. The Bertz CT molecular complexity index is 1180. The number of anilines is 2. The predicted octanol–water partition coefficient (Wildman–Crippen LogP) is 3.57. The largest absolute Gasteiger partial charge is 0.490 e. The Hall–Kier alpha value is -3.84. The van der Waals surface area contributed by atoms with Gasteiger partial charge in [-0.3, -0.25) is 14.5 Å². The van der Waals surface area contributed by atoms with Gasteiger partial charge < -0.3 is 25.7 Å². The molecule has 10 nitrogen and oxygen atoms in total. The van der Waals surface area contributed by atoms with E-state index in [9.17, 15) is 32.7 Å². The molecule has 2 aromatic carbocycles. The third-order valence-electron chi connectivity index (χ3n) is 5.37. The smallest absolute Gasteiger partial charge is 0.478 e. The van der Waals surface area contributed by atoms with Crippen molar-refractivity contribution < 1.29 is 42.6 Å². The summed E-state index contributed by atoms with van der Waals surface area (Å²) in [6.07, 6.45) is -5.08. The molecule has 212 valence electrons. The first-order valence-corrected chi connectivity index (χ1v) is 12.1. The fourth-order valence-electron chi connectivity index (χ4n) is 3.56. The third-order valence-corrected chi connectivity index (χ3v) is 5.62. The Balaban J connectivity index is 0.000000673. The normalized spacial score (nSPS) is 13.8. The van der Waals surface area contributed by atoms with Crippen molar-refractivity contribution in [1.29, 1.82) is 0 Å². The lowest BCUT2D eigenvalue weighted by molar-refractivity contribution is -0.192. The molecule has 0 aromatic heterocycles. The summed E-state index contributed by atoms with van der Waals surface area (Å²) >= 11 is 5.89. The van der Waals surface area contributed by atoms with Gasteiger partial charge in [0, 0.05) is 42.8 Å². The van der Waals surface area contributed by atoms with E-state index in [0.717, 1.165) is 5.69 Å². The molecule has 0 unspecified atom stereocenters. The van der Waals surface area contributed by atoms with Crippen LogP contribution in [0.3, 0.4) is 0 Å². The minimum atomic E-state index is -5.08. The molecule has 1 heterocycles. The van der Waals surface area contributed by atoms with Gasteiger partial charge in [-0.2, -0.15) is 13.2 Å². The van der Waals surface area contributed by atoms with E-state index in [1.807, 2.05) is 13.8 Å². The Labute approximate surface area is 227 Å². The van der Waals surface area contributed by atoms with Gasteiger partial charge in [0.15, 0.2) is 0 Å². The lowest BCUT2D eigenvalue weighted by Crippen LogP contribution is -2.50. The van der Waals surface area contributed by atoms with Crippen LogP contribution in [0.5, 0.6) is 0 Å². The van der Waals surface area contributed by atoms with Crippen molar-refractivity contribution in [3.63, 3.8) is 0 Å². The number of nitrogens with one attached hydrogen (secondary N) is 2. The molecule has 1 saturated heterocycles. The summed E-state index contributed by atoms with van der Waals surface area (Å²) in [7, 11) is 0. The van der Waals surface area contributed by atoms with E-state index in [4.69, 9.17) is 21.5 Å². The maximum absolute atomic E-state index is 12.7. The van der Waals surface area contributed by atoms with Crippen LogP contribution in [0.4, 0.5) is 24.5 Å². The summed E-state index contributed by atoms with van der Waals surface area (Å²) in [4.78, 5) is 49.3. The van der Waals surface area contributed by atoms with Crippen LogP contribution >= 0.6 is 11.6 Å². The van der Waals surface area contributed by atoms with Crippen LogP contribution in [0, 0.1) is 0 Å². The number of hydrogen-bond acceptors (Lipinski definition) is 6. The zero-order chi connectivity index (χ0) is 29.3. The Kier molecular flexibility index (Phi) is 11.1. The van der Waals surface area contributed by atoms with Crippen molar-refractivity contribution in [1.82, 2.24) is 10.2 Å². The number of hydrogen-bond donors (Lipinski definition) is 4. The van der Waals surface area contributed by atoms with Crippen molar-refractivity contribution in [3.05, 3.63) is 58.6 Å². The lowest BCUT2D eigenvalue weighted by Gasteiger charge is -2.36. The number of alkyl halides is 3. The number of aliphatic carboxylic acids is 1. The molecule has 0 atom stereocenters. The molecule has 0 aliphatic carbocycles. The van der Waals surface area contributed by atoms with Crippen molar-refractivity contribution in [2.45, 2.75) is 26.1 Å². The number of carboxylic acids is 2. The maximum Gasteiger partial charge on any atom is 0.490 e. The Morgan fingerprint density at radius 1 is 0.949 bits per heavy atom. The van der Waals surface area contributed by atoms with E-state index in [0.29, 0.717) is 49.0 Å². The van der Waals surface area contributed by atoms with E-state index in [1.165, 1.54) is 12.1 Å². The molecular formula is C25H28ClF3N4O6. The molecule has 1 aliphatic heterocycles. The maximum atomic E-state index is 12.7. The summed E-state index contributed by atoms with van der Waals surface area (Å²) in [6.45, 7) is 6.83. The topological polar surface area (TPSA) is 139 Å². The zero-order valence-electron chi connectivity index (χ0n) is 21.1. The number of aromatic carboxylic acids is 1. The third kappa shape index (κ3) is 10.1. The molecule has 39 heavy (non-hydrogen) atoms. The summed E-state index contributed by atoms with van der Waals surface area (Å²) in [5.74, 6) is -4.18. The number of benzene rings is 2. The number of rotatable bonds is 7. The van der Waals surface area contributed by atoms with Gasteiger partial charge in [0.25, 0.3) is 5.91 Å². The van der Waals surface area contributed by atoms with E-state index >= 15 is 0 Å². The number of nitrogens with zero attached hydrogens (tertiary/aromatic N) is 2.